The van der Waals surface area contributed by atoms with Gasteiger partial charge in [-0.1, -0.05) is 31.5 Å². The van der Waals surface area contributed by atoms with Crippen LogP contribution in [0.3, 0.4) is 0 Å². The minimum atomic E-state index is 0. The first-order valence-corrected chi connectivity index (χ1v) is 9.89. The number of fused-ring (bicyclic) bond motifs is 1. The molecule has 2 aromatic rings. The predicted molar refractivity (Wildman–Crippen MR) is 129 cm³/mol. The highest BCUT2D eigenvalue weighted by atomic mass is 127. The second-order valence-electron chi connectivity index (χ2n) is 6.79. The summed E-state index contributed by atoms with van der Waals surface area (Å²) in [5.41, 5.74) is 1.17. The molecule has 0 aliphatic heterocycles. The Hall–Kier alpha value is -1.54. The molecule has 0 aliphatic rings. The highest BCUT2D eigenvalue weighted by Gasteiger charge is 2.08. The first-order chi connectivity index (χ1) is 13.2. The van der Waals surface area contributed by atoms with Gasteiger partial charge in [-0.15, -0.1) is 24.0 Å². The lowest BCUT2D eigenvalue weighted by atomic mass is 10.0. The molecule has 0 fully saturated rings. The second kappa shape index (κ2) is 13.6. The SMILES string of the molecule is CCCC(CCO)CNC(=NCc1ccc2cc(OC)ccc2c1)NCC.I. The number of methoxy groups -OCH3 is 1. The summed E-state index contributed by atoms with van der Waals surface area (Å²) in [6.45, 7) is 6.76. The van der Waals surface area contributed by atoms with Crippen LogP contribution in [0.1, 0.15) is 38.7 Å². The van der Waals surface area contributed by atoms with Crippen LogP contribution >= 0.6 is 24.0 Å². The second-order valence-corrected chi connectivity index (χ2v) is 6.79. The van der Waals surface area contributed by atoms with Gasteiger partial charge in [0, 0.05) is 19.7 Å². The number of aliphatic hydroxyl groups is 1. The molecule has 0 radical (unpaired) electrons. The zero-order valence-electron chi connectivity index (χ0n) is 17.2. The van der Waals surface area contributed by atoms with Crippen molar-refractivity contribution >= 4 is 40.7 Å². The minimum absolute atomic E-state index is 0. The maximum absolute atomic E-state index is 9.22. The molecule has 0 aliphatic carbocycles. The first kappa shape index (κ1) is 24.5. The Bertz CT molecular complexity index is 731. The lowest BCUT2D eigenvalue weighted by Crippen LogP contribution is -2.40. The van der Waals surface area contributed by atoms with E-state index in [1.165, 1.54) is 16.3 Å². The quantitative estimate of drug-likeness (QED) is 0.259. The van der Waals surface area contributed by atoms with Crippen molar-refractivity contribution in [1.29, 1.82) is 0 Å². The van der Waals surface area contributed by atoms with E-state index in [2.05, 4.69) is 48.7 Å². The van der Waals surface area contributed by atoms with Gasteiger partial charge in [0.15, 0.2) is 5.96 Å². The number of hydrogen-bond donors (Lipinski definition) is 3. The van der Waals surface area contributed by atoms with Crippen molar-refractivity contribution in [3.05, 3.63) is 42.0 Å². The molecule has 0 bridgehead atoms. The highest BCUT2D eigenvalue weighted by Crippen LogP contribution is 2.22. The van der Waals surface area contributed by atoms with Crippen molar-refractivity contribution in [2.24, 2.45) is 10.9 Å². The van der Waals surface area contributed by atoms with Crippen molar-refractivity contribution in [1.82, 2.24) is 10.6 Å². The number of benzene rings is 2. The van der Waals surface area contributed by atoms with Crippen molar-refractivity contribution < 1.29 is 9.84 Å². The summed E-state index contributed by atoms with van der Waals surface area (Å²) in [6.07, 6.45) is 3.07. The van der Waals surface area contributed by atoms with Gasteiger partial charge in [0.2, 0.25) is 0 Å². The van der Waals surface area contributed by atoms with E-state index in [0.29, 0.717) is 12.5 Å². The van der Waals surface area contributed by atoms with Gasteiger partial charge in [0.25, 0.3) is 0 Å². The van der Waals surface area contributed by atoms with Crippen LogP contribution in [0, 0.1) is 5.92 Å². The van der Waals surface area contributed by atoms with Gasteiger partial charge >= 0.3 is 0 Å². The Balaban J connectivity index is 0.00000392. The molecular weight excluding hydrogens is 465 g/mol. The normalized spacial score (nSPS) is 12.4. The van der Waals surface area contributed by atoms with Crippen LogP contribution in [0.2, 0.25) is 0 Å². The topological polar surface area (TPSA) is 65.9 Å². The van der Waals surface area contributed by atoms with Crippen molar-refractivity contribution in [3.8, 4) is 5.75 Å². The summed E-state index contributed by atoms with van der Waals surface area (Å²) in [4.78, 5) is 4.72. The molecule has 0 amide bonds. The van der Waals surface area contributed by atoms with Crippen LogP contribution in [0.5, 0.6) is 5.75 Å². The van der Waals surface area contributed by atoms with Gasteiger partial charge in [-0.2, -0.15) is 0 Å². The molecule has 0 heterocycles. The lowest BCUT2D eigenvalue weighted by molar-refractivity contribution is 0.251. The number of rotatable bonds is 10. The van der Waals surface area contributed by atoms with Crippen LogP contribution in [-0.4, -0.2) is 37.9 Å². The van der Waals surface area contributed by atoms with E-state index in [1.54, 1.807) is 7.11 Å². The van der Waals surface area contributed by atoms with Crippen LogP contribution in [0.15, 0.2) is 41.4 Å². The number of hydrogen-bond acceptors (Lipinski definition) is 3. The summed E-state index contributed by atoms with van der Waals surface area (Å²) in [7, 11) is 1.69. The molecule has 5 nitrogen and oxygen atoms in total. The van der Waals surface area contributed by atoms with Crippen LogP contribution < -0.4 is 15.4 Å². The summed E-state index contributed by atoms with van der Waals surface area (Å²) in [5, 5.41) is 18.3. The Morgan fingerprint density at radius 1 is 1.07 bits per heavy atom. The maximum Gasteiger partial charge on any atom is 0.191 e. The minimum Gasteiger partial charge on any atom is -0.497 e. The van der Waals surface area contributed by atoms with Crippen LogP contribution in [0.25, 0.3) is 10.8 Å². The van der Waals surface area contributed by atoms with Gasteiger partial charge in [0.05, 0.1) is 13.7 Å². The van der Waals surface area contributed by atoms with Crippen LogP contribution in [0.4, 0.5) is 0 Å². The molecule has 156 valence electrons. The molecule has 6 heteroatoms. The Labute approximate surface area is 186 Å². The molecule has 2 rings (SSSR count). The third-order valence-corrected chi connectivity index (χ3v) is 4.67. The third-order valence-electron chi connectivity index (χ3n) is 4.67. The zero-order chi connectivity index (χ0) is 19.5. The monoisotopic (exact) mass is 499 g/mol. The highest BCUT2D eigenvalue weighted by molar-refractivity contribution is 14.0. The molecule has 1 atom stereocenters. The average Bonchev–Trinajstić information content (AvgIpc) is 2.69. The summed E-state index contributed by atoms with van der Waals surface area (Å²) >= 11 is 0. The molecule has 2 aromatic carbocycles. The smallest absolute Gasteiger partial charge is 0.191 e. The number of guanidine groups is 1. The Kier molecular flexibility index (Phi) is 11.9. The van der Waals surface area contributed by atoms with Crippen molar-refractivity contribution in [3.63, 3.8) is 0 Å². The fraction of sp³-hybridized carbons (Fsp3) is 0.500. The molecule has 0 saturated carbocycles. The van der Waals surface area contributed by atoms with Gasteiger partial charge in [-0.25, -0.2) is 4.99 Å². The Morgan fingerprint density at radius 2 is 1.82 bits per heavy atom. The first-order valence-electron chi connectivity index (χ1n) is 9.89. The average molecular weight is 499 g/mol. The number of halogens is 1. The van der Waals surface area contributed by atoms with Gasteiger partial charge in [0.1, 0.15) is 5.75 Å². The summed E-state index contributed by atoms with van der Waals surface area (Å²) in [5.74, 6) is 2.17. The molecule has 0 spiro atoms. The van der Waals surface area contributed by atoms with Gasteiger partial charge < -0.3 is 20.5 Å². The Morgan fingerprint density at radius 3 is 2.50 bits per heavy atom. The number of aliphatic imine (C=N–C) groups is 1. The van der Waals surface area contributed by atoms with E-state index in [-0.39, 0.29) is 30.6 Å². The largest absolute Gasteiger partial charge is 0.497 e. The van der Waals surface area contributed by atoms with E-state index in [1.807, 2.05) is 12.1 Å². The molecule has 1 unspecified atom stereocenters. The predicted octanol–water partition coefficient (Wildman–Crippen LogP) is 4.32. The number of aliphatic hydroxyl groups excluding tert-OH is 1. The van der Waals surface area contributed by atoms with Crippen molar-refractivity contribution in [2.45, 2.75) is 39.7 Å². The molecule has 3 N–H and O–H groups in total. The summed E-state index contributed by atoms with van der Waals surface area (Å²) in [6, 6.07) is 12.5. The molecule has 0 aromatic heterocycles. The van der Waals surface area contributed by atoms with Gasteiger partial charge in [-0.05, 0) is 60.2 Å². The third kappa shape index (κ3) is 7.83. The molecule has 28 heavy (non-hydrogen) atoms. The molecule has 0 saturated heterocycles. The van der Waals surface area contributed by atoms with E-state index in [9.17, 15) is 5.11 Å². The van der Waals surface area contributed by atoms with E-state index in [0.717, 1.165) is 44.1 Å². The zero-order valence-corrected chi connectivity index (χ0v) is 19.5. The number of nitrogens with zero attached hydrogens (tertiary/aromatic N) is 1. The van der Waals surface area contributed by atoms with E-state index >= 15 is 0 Å². The lowest BCUT2D eigenvalue weighted by Gasteiger charge is -2.18. The fourth-order valence-corrected chi connectivity index (χ4v) is 3.19. The number of ether oxygens (including phenoxy) is 1. The van der Waals surface area contributed by atoms with Crippen LogP contribution in [-0.2, 0) is 6.54 Å². The van der Waals surface area contributed by atoms with E-state index in [4.69, 9.17) is 9.73 Å². The molecular formula is C22H34IN3O2. The summed E-state index contributed by atoms with van der Waals surface area (Å²) < 4.78 is 5.29. The fourth-order valence-electron chi connectivity index (χ4n) is 3.19. The number of nitrogens with one attached hydrogen (secondary N) is 2. The maximum atomic E-state index is 9.22. The van der Waals surface area contributed by atoms with Gasteiger partial charge in [-0.3, -0.25) is 0 Å². The standard InChI is InChI=1S/C22H33N3O2.HI/c1-4-6-17(11-12-26)15-24-22(23-5-2)25-16-18-7-8-20-14-21(27-3)10-9-19(20)13-18;/h7-10,13-14,17,26H,4-6,11-12,15-16H2,1-3H3,(H2,23,24,25);1H. The van der Waals surface area contributed by atoms with E-state index < -0.39 is 0 Å². The van der Waals surface area contributed by atoms with Crippen molar-refractivity contribution in [2.75, 3.05) is 26.8 Å².